The number of nitrogens with zero attached hydrogens (tertiary/aromatic N) is 2. The fourth-order valence-corrected chi connectivity index (χ4v) is 1.49. The molecular weight excluding hydrogens is 198 g/mol. The number of fused-ring (bicyclic) bond motifs is 1. The van der Waals surface area contributed by atoms with E-state index in [1.165, 1.54) is 0 Å². The zero-order valence-corrected chi connectivity index (χ0v) is 9.35. The van der Waals surface area contributed by atoms with Crippen LogP contribution in [0.4, 0.5) is 5.82 Å². The summed E-state index contributed by atoms with van der Waals surface area (Å²) < 4.78 is 0. The van der Waals surface area contributed by atoms with Crippen LogP contribution in [0.5, 0.6) is 0 Å². The summed E-state index contributed by atoms with van der Waals surface area (Å²) in [5.74, 6) is 0.836. The van der Waals surface area contributed by atoms with Crippen LogP contribution in [-0.4, -0.2) is 16.5 Å². The molecular formula is C13H15N3. The minimum absolute atomic E-state index is 0.836. The molecule has 3 heteroatoms. The first-order valence-electron chi connectivity index (χ1n) is 5.47. The smallest absolute Gasteiger partial charge is 0.145 e. The first-order chi connectivity index (χ1) is 7.90. The summed E-state index contributed by atoms with van der Waals surface area (Å²) in [6, 6.07) is 7.88. The molecule has 0 spiro atoms. The van der Waals surface area contributed by atoms with E-state index in [4.69, 9.17) is 0 Å². The van der Waals surface area contributed by atoms with Crippen LogP contribution in [0, 0.1) is 0 Å². The maximum Gasteiger partial charge on any atom is 0.145 e. The van der Waals surface area contributed by atoms with Crippen LogP contribution < -0.4 is 5.32 Å². The lowest BCUT2D eigenvalue weighted by Crippen LogP contribution is -2.02. The van der Waals surface area contributed by atoms with Crippen LogP contribution in [0.3, 0.4) is 0 Å². The summed E-state index contributed by atoms with van der Waals surface area (Å²) in [6.45, 7) is 2.91. The van der Waals surface area contributed by atoms with E-state index in [-0.39, 0.29) is 0 Å². The van der Waals surface area contributed by atoms with E-state index >= 15 is 0 Å². The summed E-state index contributed by atoms with van der Waals surface area (Å²) in [5, 5.41) is 3.25. The molecule has 0 atom stereocenters. The van der Waals surface area contributed by atoms with Crippen molar-refractivity contribution in [1.82, 2.24) is 9.97 Å². The number of hydrogen-bond acceptors (Lipinski definition) is 3. The molecule has 16 heavy (non-hydrogen) atoms. The number of allylic oxidation sites excluding steroid dienone is 1. The Morgan fingerprint density at radius 2 is 2.06 bits per heavy atom. The molecule has 82 valence electrons. The lowest BCUT2D eigenvalue weighted by Gasteiger charge is -2.04. The number of aromatic nitrogens is 2. The Bertz CT molecular complexity index is 491. The van der Waals surface area contributed by atoms with Crippen molar-refractivity contribution in [3.8, 4) is 0 Å². The van der Waals surface area contributed by atoms with Gasteiger partial charge in [0.05, 0.1) is 17.2 Å². The van der Waals surface area contributed by atoms with Crippen LogP contribution in [0.25, 0.3) is 11.0 Å². The molecule has 0 radical (unpaired) electrons. The average Bonchev–Trinajstić information content (AvgIpc) is 2.34. The molecule has 1 aromatic heterocycles. The molecule has 0 aliphatic carbocycles. The van der Waals surface area contributed by atoms with Crippen LogP contribution in [0.15, 0.2) is 42.6 Å². The Morgan fingerprint density at radius 1 is 1.25 bits per heavy atom. The van der Waals surface area contributed by atoms with Crippen molar-refractivity contribution < 1.29 is 0 Å². The maximum absolute atomic E-state index is 4.48. The Labute approximate surface area is 95.2 Å². The lowest BCUT2D eigenvalue weighted by molar-refractivity contribution is 1.04. The van der Waals surface area contributed by atoms with Crippen LogP contribution in [0.2, 0.25) is 0 Å². The summed E-state index contributed by atoms with van der Waals surface area (Å²) in [5.41, 5.74) is 1.86. The van der Waals surface area contributed by atoms with Gasteiger partial charge in [-0.2, -0.15) is 0 Å². The van der Waals surface area contributed by atoms with Crippen molar-refractivity contribution >= 4 is 16.9 Å². The van der Waals surface area contributed by atoms with Gasteiger partial charge in [-0.05, 0) is 25.5 Å². The summed E-state index contributed by atoms with van der Waals surface area (Å²) in [4.78, 5) is 8.81. The highest BCUT2D eigenvalue weighted by Crippen LogP contribution is 2.10. The van der Waals surface area contributed by atoms with Crippen LogP contribution in [-0.2, 0) is 0 Å². The second kappa shape index (κ2) is 5.26. The molecule has 0 saturated carbocycles. The van der Waals surface area contributed by atoms with E-state index in [0.717, 1.165) is 29.8 Å². The number of para-hydroxylation sites is 2. The van der Waals surface area contributed by atoms with Gasteiger partial charge in [0, 0.05) is 6.54 Å². The van der Waals surface area contributed by atoms with Crippen molar-refractivity contribution in [3.05, 3.63) is 42.6 Å². The van der Waals surface area contributed by atoms with Gasteiger partial charge in [0.1, 0.15) is 5.82 Å². The monoisotopic (exact) mass is 213 g/mol. The molecule has 2 aromatic rings. The third-order valence-corrected chi connectivity index (χ3v) is 2.30. The average molecular weight is 213 g/mol. The second-order valence-corrected chi connectivity index (χ2v) is 3.53. The molecule has 0 bridgehead atoms. The number of hydrogen-bond donors (Lipinski definition) is 1. The summed E-state index contributed by atoms with van der Waals surface area (Å²) in [6.07, 6.45) is 6.96. The van der Waals surface area contributed by atoms with E-state index in [2.05, 4.69) is 21.4 Å². The summed E-state index contributed by atoms with van der Waals surface area (Å²) in [7, 11) is 0. The van der Waals surface area contributed by atoms with E-state index in [9.17, 15) is 0 Å². The first kappa shape index (κ1) is 10.6. The number of anilines is 1. The van der Waals surface area contributed by atoms with Crippen LogP contribution in [0.1, 0.15) is 13.3 Å². The molecule has 0 saturated heterocycles. The Kier molecular flexibility index (Phi) is 3.49. The van der Waals surface area contributed by atoms with Gasteiger partial charge in [0.2, 0.25) is 0 Å². The van der Waals surface area contributed by atoms with Crippen LogP contribution >= 0.6 is 0 Å². The SMILES string of the molecule is C/C=C/CCNc1cnc2ccccc2n1. The lowest BCUT2D eigenvalue weighted by atomic mass is 10.3. The number of rotatable bonds is 4. The summed E-state index contributed by atoms with van der Waals surface area (Å²) >= 11 is 0. The quantitative estimate of drug-likeness (QED) is 0.626. The highest BCUT2D eigenvalue weighted by Gasteiger charge is 1.97. The van der Waals surface area contributed by atoms with Gasteiger partial charge in [0.15, 0.2) is 0 Å². The highest BCUT2D eigenvalue weighted by atomic mass is 15.0. The molecule has 0 amide bonds. The Hall–Kier alpha value is -1.90. The fraction of sp³-hybridized carbons (Fsp3) is 0.231. The topological polar surface area (TPSA) is 37.8 Å². The van der Waals surface area contributed by atoms with Crippen molar-refractivity contribution in [3.63, 3.8) is 0 Å². The van der Waals surface area contributed by atoms with Crippen molar-refractivity contribution in [1.29, 1.82) is 0 Å². The molecule has 0 aliphatic rings. The van der Waals surface area contributed by atoms with E-state index in [1.54, 1.807) is 6.20 Å². The van der Waals surface area contributed by atoms with E-state index < -0.39 is 0 Å². The Morgan fingerprint density at radius 3 is 2.88 bits per heavy atom. The number of benzene rings is 1. The first-order valence-corrected chi connectivity index (χ1v) is 5.47. The van der Waals surface area contributed by atoms with Crippen molar-refractivity contribution in [2.75, 3.05) is 11.9 Å². The normalized spacial score (nSPS) is 11.1. The molecule has 1 N–H and O–H groups in total. The fourth-order valence-electron chi connectivity index (χ4n) is 1.49. The highest BCUT2D eigenvalue weighted by molar-refractivity contribution is 5.75. The molecule has 0 aliphatic heterocycles. The predicted octanol–water partition coefficient (Wildman–Crippen LogP) is 3.01. The zero-order valence-electron chi connectivity index (χ0n) is 9.35. The van der Waals surface area contributed by atoms with E-state index in [0.29, 0.717) is 0 Å². The molecule has 1 heterocycles. The zero-order chi connectivity index (χ0) is 11.2. The maximum atomic E-state index is 4.48. The largest absolute Gasteiger partial charge is 0.368 e. The van der Waals surface area contributed by atoms with Crippen molar-refractivity contribution in [2.45, 2.75) is 13.3 Å². The molecule has 0 fully saturated rings. The Balaban J connectivity index is 2.07. The van der Waals surface area contributed by atoms with Gasteiger partial charge in [-0.25, -0.2) is 4.98 Å². The van der Waals surface area contributed by atoms with Gasteiger partial charge < -0.3 is 5.32 Å². The molecule has 0 unspecified atom stereocenters. The minimum Gasteiger partial charge on any atom is -0.368 e. The van der Waals surface area contributed by atoms with Gasteiger partial charge in [-0.3, -0.25) is 4.98 Å². The third kappa shape index (κ3) is 2.57. The number of nitrogens with one attached hydrogen (secondary N) is 1. The molecule has 3 nitrogen and oxygen atoms in total. The molecule has 1 aromatic carbocycles. The van der Waals surface area contributed by atoms with Gasteiger partial charge >= 0.3 is 0 Å². The standard InChI is InChI=1S/C13H15N3/c1-2-3-6-9-14-13-10-15-11-7-4-5-8-12(11)16-13/h2-5,7-8,10H,6,9H2,1H3,(H,14,16)/b3-2+. The van der Waals surface area contributed by atoms with E-state index in [1.807, 2.05) is 37.3 Å². The van der Waals surface area contributed by atoms with Gasteiger partial charge in [-0.1, -0.05) is 24.3 Å². The third-order valence-electron chi connectivity index (χ3n) is 2.30. The van der Waals surface area contributed by atoms with Crippen molar-refractivity contribution in [2.24, 2.45) is 0 Å². The van der Waals surface area contributed by atoms with Gasteiger partial charge in [0.25, 0.3) is 0 Å². The second-order valence-electron chi connectivity index (χ2n) is 3.53. The molecule has 2 rings (SSSR count). The minimum atomic E-state index is 0.836. The van der Waals surface area contributed by atoms with Gasteiger partial charge in [-0.15, -0.1) is 0 Å². The predicted molar refractivity (Wildman–Crippen MR) is 67.5 cm³/mol.